The lowest BCUT2D eigenvalue weighted by Crippen LogP contribution is -1.99. The molecule has 2 rings (SSSR count). The summed E-state index contributed by atoms with van der Waals surface area (Å²) in [4.78, 5) is 11.4. The van der Waals surface area contributed by atoms with E-state index in [1.165, 1.54) is 6.08 Å². The quantitative estimate of drug-likeness (QED) is 0.575. The van der Waals surface area contributed by atoms with Crippen LogP contribution in [0.15, 0.2) is 54.6 Å². The van der Waals surface area contributed by atoms with Crippen molar-refractivity contribution in [2.24, 2.45) is 0 Å². The third-order valence-electron chi connectivity index (χ3n) is 3.14. The second kappa shape index (κ2) is 8.63. The standard InChI is InChI=1S/C19H20O4/c1-3-22-19(20)12-10-16-9-11-17(13-18(16)21-2)23-14-15-7-5-4-6-8-15/h4-13H,3,14H2,1-2H3/b12-10+. The molecule has 0 saturated carbocycles. The molecule has 4 heteroatoms. The molecule has 0 atom stereocenters. The Morgan fingerprint density at radius 3 is 2.61 bits per heavy atom. The fourth-order valence-electron chi connectivity index (χ4n) is 2.01. The molecule has 0 unspecified atom stereocenters. The highest BCUT2D eigenvalue weighted by Crippen LogP contribution is 2.26. The fourth-order valence-corrected chi connectivity index (χ4v) is 2.01. The van der Waals surface area contributed by atoms with Crippen molar-refractivity contribution >= 4 is 12.0 Å². The van der Waals surface area contributed by atoms with Gasteiger partial charge in [0.25, 0.3) is 0 Å². The zero-order valence-corrected chi connectivity index (χ0v) is 13.3. The van der Waals surface area contributed by atoms with Crippen LogP contribution >= 0.6 is 0 Å². The maximum Gasteiger partial charge on any atom is 0.330 e. The van der Waals surface area contributed by atoms with Crippen molar-refractivity contribution in [2.45, 2.75) is 13.5 Å². The van der Waals surface area contributed by atoms with Crippen LogP contribution in [0, 0.1) is 0 Å². The van der Waals surface area contributed by atoms with Gasteiger partial charge < -0.3 is 14.2 Å². The first-order valence-corrected chi connectivity index (χ1v) is 7.42. The number of methoxy groups -OCH3 is 1. The second-order valence-electron chi connectivity index (χ2n) is 4.76. The molecular weight excluding hydrogens is 292 g/mol. The van der Waals surface area contributed by atoms with Crippen molar-refractivity contribution in [1.29, 1.82) is 0 Å². The first kappa shape index (κ1) is 16.6. The topological polar surface area (TPSA) is 44.8 Å². The van der Waals surface area contributed by atoms with Gasteiger partial charge in [0.2, 0.25) is 0 Å². The minimum atomic E-state index is -0.376. The van der Waals surface area contributed by atoms with Crippen LogP contribution in [-0.2, 0) is 16.1 Å². The van der Waals surface area contributed by atoms with Gasteiger partial charge in [0, 0.05) is 17.7 Å². The normalized spacial score (nSPS) is 10.5. The third-order valence-corrected chi connectivity index (χ3v) is 3.14. The summed E-state index contributed by atoms with van der Waals surface area (Å²) >= 11 is 0. The average Bonchev–Trinajstić information content (AvgIpc) is 2.59. The Hall–Kier alpha value is -2.75. The molecule has 0 spiro atoms. The van der Waals surface area contributed by atoms with Crippen molar-refractivity contribution in [3.05, 3.63) is 65.7 Å². The first-order chi connectivity index (χ1) is 11.2. The van der Waals surface area contributed by atoms with Gasteiger partial charge in [-0.2, -0.15) is 0 Å². The summed E-state index contributed by atoms with van der Waals surface area (Å²) < 4.78 is 16.0. The summed E-state index contributed by atoms with van der Waals surface area (Å²) in [6.07, 6.45) is 3.05. The average molecular weight is 312 g/mol. The van der Waals surface area contributed by atoms with Gasteiger partial charge in [-0.3, -0.25) is 0 Å². The minimum absolute atomic E-state index is 0.354. The maximum atomic E-state index is 11.4. The Bertz CT molecular complexity index is 662. The highest BCUT2D eigenvalue weighted by atomic mass is 16.5. The molecule has 0 radical (unpaired) electrons. The predicted octanol–water partition coefficient (Wildman–Crippen LogP) is 3.85. The molecule has 0 saturated heterocycles. The number of hydrogen-bond donors (Lipinski definition) is 0. The molecular formula is C19H20O4. The molecule has 0 bridgehead atoms. The van der Waals surface area contributed by atoms with E-state index in [2.05, 4.69) is 0 Å². The van der Waals surface area contributed by atoms with Gasteiger partial charge in [-0.05, 0) is 30.7 Å². The number of ether oxygens (including phenoxy) is 3. The van der Waals surface area contributed by atoms with Crippen LogP contribution in [0.1, 0.15) is 18.1 Å². The van der Waals surface area contributed by atoms with Crippen LogP contribution < -0.4 is 9.47 Å². The van der Waals surface area contributed by atoms with Crippen molar-refractivity contribution in [2.75, 3.05) is 13.7 Å². The summed E-state index contributed by atoms with van der Waals surface area (Å²) in [6.45, 7) is 2.61. The van der Waals surface area contributed by atoms with Gasteiger partial charge in [-0.25, -0.2) is 4.79 Å². The van der Waals surface area contributed by atoms with E-state index in [4.69, 9.17) is 14.2 Å². The van der Waals surface area contributed by atoms with Crippen LogP contribution in [0.2, 0.25) is 0 Å². The molecule has 0 aliphatic heterocycles. The summed E-state index contributed by atoms with van der Waals surface area (Å²) in [5.41, 5.74) is 1.88. The first-order valence-electron chi connectivity index (χ1n) is 7.42. The van der Waals surface area contributed by atoms with Crippen LogP contribution in [0.3, 0.4) is 0 Å². The lowest BCUT2D eigenvalue weighted by atomic mass is 10.1. The van der Waals surface area contributed by atoms with Gasteiger partial charge in [-0.1, -0.05) is 30.3 Å². The van der Waals surface area contributed by atoms with E-state index in [1.807, 2.05) is 42.5 Å². The van der Waals surface area contributed by atoms with Crippen LogP contribution in [0.25, 0.3) is 6.08 Å². The Morgan fingerprint density at radius 1 is 1.13 bits per heavy atom. The van der Waals surface area contributed by atoms with Gasteiger partial charge in [0.05, 0.1) is 13.7 Å². The summed E-state index contributed by atoms with van der Waals surface area (Å²) in [6, 6.07) is 15.4. The minimum Gasteiger partial charge on any atom is -0.496 e. The predicted molar refractivity (Wildman–Crippen MR) is 89.4 cm³/mol. The Morgan fingerprint density at radius 2 is 1.91 bits per heavy atom. The zero-order chi connectivity index (χ0) is 16.5. The molecule has 0 aliphatic rings. The van der Waals surface area contributed by atoms with E-state index in [0.717, 1.165) is 11.1 Å². The zero-order valence-electron chi connectivity index (χ0n) is 13.3. The summed E-state index contributed by atoms with van der Waals surface area (Å²) in [5.74, 6) is 0.967. The SMILES string of the molecule is CCOC(=O)/C=C/c1ccc(OCc2ccccc2)cc1OC. The number of hydrogen-bond acceptors (Lipinski definition) is 4. The van der Waals surface area contributed by atoms with Crippen molar-refractivity contribution in [3.63, 3.8) is 0 Å². The van der Waals surface area contributed by atoms with Crippen LogP contribution in [-0.4, -0.2) is 19.7 Å². The molecule has 2 aromatic carbocycles. The molecule has 0 aliphatic carbocycles. The molecule has 0 aromatic heterocycles. The van der Waals surface area contributed by atoms with Crippen molar-refractivity contribution < 1.29 is 19.0 Å². The number of carbonyl (C=O) groups excluding carboxylic acids is 1. The van der Waals surface area contributed by atoms with E-state index in [9.17, 15) is 4.79 Å². The Balaban J connectivity index is 2.05. The fraction of sp³-hybridized carbons (Fsp3) is 0.211. The third kappa shape index (κ3) is 5.18. The highest BCUT2D eigenvalue weighted by molar-refractivity contribution is 5.87. The monoisotopic (exact) mass is 312 g/mol. The van der Waals surface area contributed by atoms with Crippen LogP contribution in [0.5, 0.6) is 11.5 Å². The molecule has 4 nitrogen and oxygen atoms in total. The number of esters is 1. The largest absolute Gasteiger partial charge is 0.496 e. The van der Waals surface area contributed by atoms with Crippen molar-refractivity contribution in [1.82, 2.24) is 0 Å². The van der Waals surface area contributed by atoms with E-state index in [0.29, 0.717) is 24.7 Å². The van der Waals surface area contributed by atoms with Crippen molar-refractivity contribution in [3.8, 4) is 11.5 Å². The van der Waals surface area contributed by atoms with Gasteiger partial charge in [0.1, 0.15) is 18.1 Å². The Kier molecular flexibility index (Phi) is 6.24. The van der Waals surface area contributed by atoms with E-state index >= 15 is 0 Å². The van der Waals surface area contributed by atoms with Gasteiger partial charge in [-0.15, -0.1) is 0 Å². The summed E-state index contributed by atoms with van der Waals surface area (Å²) in [7, 11) is 1.58. The molecule has 0 amide bonds. The Labute approximate surface area is 136 Å². The van der Waals surface area contributed by atoms with E-state index in [1.54, 1.807) is 26.2 Å². The number of rotatable bonds is 7. The van der Waals surface area contributed by atoms with E-state index in [-0.39, 0.29) is 5.97 Å². The lowest BCUT2D eigenvalue weighted by molar-refractivity contribution is -0.137. The molecule has 120 valence electrons. The van der Waals surface area contributed by atoms with Gasteiger partial charge in [0.15, 0.2) is 0 Å². The van der Waals surface area contributed by atoms with E-state index < -0.39 is 0 Å². The van der Waals surface area contributed by atoms with Gasteiger partial charge >= 0.3 is 5.97 Å². The summed E-state index contributed by atoms with van der Waals surface area (Å²) in [5, 5.41) is 0. The smallest absolute Gasteiger partial charge is 0.330 e. The number of benzene rings is 2. The molecule has 0 heterocycles. The molecule has 0 fully saturated rings. The highest BCUT2D eigenvalue weighted by Gasteiger charge is 2.04. The maximum absolute atomic E-state index is 11.4. The molecule has 0 N–H and O–H groups in total. The van der Waals surface area contributed by atoms with Crippen LogP contribution in [0.4, 0.5) is 0 Å². The lowest BCUT2D eigenvalue weighted by Gasteiger charge is -2.10. The molecule has 23 heavy (non-hydrogen) atoms. The second-order valence-corrected chi connectivity index (χ2v) is 4.76. The molecule has 2 aromatic rings. The number of carbonyl (C=O) groups is 1.